The van der Waals surface area contributed by atoms with Crippen LogP contribution < -0.4 is 5.32 Å². The predicted molar refractivity (Wildman–Crippen MR) is 133 cm³/mol. The zero-order valence-corrected chi connectivity index (χ0v) is 20.6. The van der Waals surface area contributed by atoms with Crippen molar-refractivity contribution < 1.29 is 28.3 Å². The number of thiophene rings is 1. The van der Waals surface area contributed by atoms with E-state index < -0.39 is 23.5 Å². The van der Waals surface area contributed by atoms with E-state index in [-0.39, 0.29) is 35.9 Å². The molecule has 1 aliphatic rings. The Morgan fingerprint density at radius 1 is 1.03 bits per heavy atom. The minimum atomic E-state index is -1.13. The van der Waals surface area contributed by atoms with Crippen molar-refractivity contribution in [3.05, 3.63) is 86.8 Å². The van der Waals surface area contributed by atoms with Gasteiger partial charge < -0.3 is 15.3 Å². The molecular formula is C27H26F2N2O4S. The number of hydrogen-bond acceptors (Lipinski definition) is 4. The van der Waals surface area contributed by atoms with Crippen LogP contribution in [0.1, 0.15) is 62.0 Å². The third kappa shape index (κ3) is 5.62. The molecule has 0 atom stereocenters. The molecule has 0 bridgehead atoms. The zero-order chi connectivity index (χ0) is 25.8. The third-order valence-corrected chi connectivity index (χ3v) is 7.35. The second kappa shape index (κ2) is 11.0. The first-order valence-electron chi connectivity index (χ1n) is 11.8. The minimum absolute atomic E-state index is 0.0693. The molecule has 1 aliphatic heterocycles. The van der Waals surface area contributed by atoms with Crippen molar-refractivity contribution in [2.75, 3.05) is 11.9 Å². The average molecular weight is 513 g/mol. The minimum Gasteiger partial charge on any atom is -0.478 e. The summed E-state index contributed by atoms with van der Waals surface area (Å²) in [6, 6.07) is 10.8. The Bertz CT molecular complexity index is 1300. The van der Waals surface area contributed by atoms with E-state index in [4.69, 9.17) is 0 Å². The van der Waals surface area contributed by atoms with Crippen LogP contribution in [0.3, 0.4) is 0 Å². The summed E-state index contributed by atoms with van der Waals surface area (Å²) in [4.78, 5) is 39.9. The van der Waals surface area contributed by atoms with Crippen LogP contribution >= 0.6 is 11.3 Å². The van der Waals surface area contributed by atoms with Gasteiger partial charge in [-0.25, -0.2) is 13.6 Å². The number of fused-ring (bicyclic) bond motifs is 1. The van der Waals surface area contributed by atoms with Gasteiger partial charge in [0, 0.05) is 23.4 Å². The highest BCUT2D eigenvalue weighted by atomic mass is 32.1. The van der Waals surface area contributed by atoms with E-state index in [1.807, 2.05) is 12.1 Å². The normalized spacial score (nSPS) is 12.8. The fraction of sp³-hybridized carbons (Fsp3) is 0.296. The van der Waals surface area contributed by atoms with Crippen molar-refractivity contribution in [2.24, 2.45) is 0 Å². The van der Waals surface area contributed by atoms with Gasteiger partial charge in [0.1, 0.15) is 5.00 Å². The van der Waals surface area contributed by atoms with Crippen LogP contribution in [0, 0.1) is 11.6 Å². The number of aryl methyl sites for hydroxylation is 2. The number of aromatic carboxylic acids is 1. The van der Waals surface area contributed by atoms with Gasteiger partial charge in [-0.3, -0.25) is 9.59 Å². The van der Waals surface area contributed by atoms with Gasteiger partial charge in [0.2, 0.25) is 5.91 Å². The number of hydrogen-bond donors (Lipinski definition) is 2. The molecule has 0 unspecified atom stereocenters. The maximum absolute atomic E-state index is 13.4. The largest absolute Gasteiger partial charge is 0.478 e. The van der Waals surface area contributed by atoms with Crippen LogP contribution in [-0.2, 0) is 30.6 Å². The van der Waals surface area contributed by atoms with Crippen LogP contribution in [0.5, 0.6) is 0 Å². The van der Waals surface area contributed by atoms with E-state index in [0.717, 1.165) is 30.5 Å². The molecule has 2 amide bonds. The number of carbonyl (C=O) groups excluding carboxylic acids is 2. The van der Waals surface area contributed by atoms with Gasteiger partial charge in [0.15, 0.2) is 11.6 Å². The standard InChI is InChI=1S/C27H26F2N2O4S/c1-2-3-16-4-8-18(9-5-16)25(33)30-26-24(27(34)35)19-12-13-31(15-22(19)36-26)23(32)11-7-17-6-10-20(28)21(29)14-17/h4-6,8-10,14H,2-3,7,11-13,15H2,1H3,(H,30,33)(H,34,35). The molecule has 2 heterocycles. The molecule has 0 aliphatic carbocycles. The number of carboxylic acid groups (broad SMARTS) is 1. The predicted octanol–water partition coefficient (Wildman–Crippen LogP) is 5.45. The van der Waals surface area contributed by atoms with Crippen molar-refractivity contribution in [2.45, 2.75) is 45.6 Å². The monoisotopic (exact) mass is 512 g/mol. The maximum atomic E-state index is 13.4. The summed E-state index contributed by atoms with van der Waals surface area (Å²) in [5, 5.41) is 12.8. The molecule has 6 nitrogen and oxygen atoms in total. The van der Waals surface area contributed by atoms with Gasteiger partial charge in [0.05, 0.1) is 12.1 Å². The van der Waals surface area contributed by atoms with Crippen molar-refractivity contribution in [1.82, 2.24) is 4.90 Å². The van der Waals surface area contributed by atoms with E-state index in [1.165, 1.54) is 17.4 Å². The van der Waals surface area contributed by atoms with Gasteiger partial charge >= 0.3 is 5.97 Å². The lowest BCUT2D eigenvalue weighted by atomic mass is 10.0. The maximum Gasteiger partial charge on any atom is 0.339 e. The Morgan fingerprint density at radius 2 is 1.75 bits per heavy atom. The summed E-state index contributed by atoms with van der Waals surface area (Å²) in [6.45, 7) is 2.65. The summed E-state index contributed by atoms with van der Waals surface area (Å²) < 4.78 is 26.6. The SMILES string of the molecule is CCCc1ccc(C(=O)Nc2sc3c(c2C(=O)O)CCN(C(=O)CCc2ccc(F)c(F)c2)C3)cc1. The summed E-state index contributed by atoms with van der Waals surface area (Å²) in [5.74, 6) is -3.56. The van der Waals surface area contributed by atoms with Gasteiger partial charge in [-0.2, -0.15) is 0 Å². The highest BCUT2D eigenvalue weighted by Gasteiger charge is 2.30. The molecule has 2 N–H and O–H groups in total. The summed E-state index contributed by atoms with van der Waals surface area (Å²) >= 11 is 1.17. The van der Waals surface area contributed by atoms with Crippen molar-refractivity contribution >= 4 is 34.1 Å². The van der Waals surface area contributed by atoms with E-state index >= 15 is 0 Å². The quantitative estimate of drug-likeness (QED) is 0.420. The second-order valence-electron chi connectivity index (χ2n) is 8.73. The third-order valence-electron chi connectivity index (χ3n) is 6.22. The molecule has 36 heavy (non-hydrogen) atoms. The van der Waals surface area contributed by atoms with Crippen molar-refractivity contribution in [3.63, 3.8) is 0 Å². The Labute approximate surface area is 211 Å². The van der Waals surface area contributed by atoms with Gasteiger partial charge in [-0.05, 0) is 60.2 Å². The number of nitrogens with one attached hydrogen (secondary N) is 1. The molecule has 1 aromatic heterocycles. The Hall–Kier alpha value is -3.59. The number of anilines is 1. The number of benzene rings is 2. The topological polar surface area (TPSA) is 86.7 Å². The molecule has 9 heteroatoms. The molecule has 3 aromatic rings. The van der Waals surface area contributed by atoms with Gasteiger partial charge in [0.25, 0.3) is 5.91 Å². The molecule has 0 saturated carbocycles. The molecule has 4 rings (SSSR count). The van der Waals surface area contributed by atoms with Crippen molar-refractivity contribution in [3.8, 4) is 0 Å². The Kier molecular flexibility index (Phi) is 7.79. The van der Waals surface area contributed by atoms with Crippen LogP contribution in [-0.4, -0.2) is 34.3 Å². The highest BCUT2D eigenvalue weighted by Crippen LogP contribution is 2.37. The molecule has 0 saturated heterocycles. The number of amides is 2. The number of halogens is 2. The smallest absolute Gasteiger partial charge is 0.339 e. The first-order valence-corrected chi connectivity index (χ1v) is 12.6. The lowest BCUT2D eigenvalue weighted by molar-refractivity contribution is -0.132. The van der Waals surface area contributed by atoms with Crippen LogP contribution in [0.15, 0.2) is 42.5 Å². The van der Waals surface area contributed by atoms with Gasteiger partial charge in [-0.15, -0.1) is 11.3 Å². The first kappa shape index (κ1) is 25.5. The summed E-state index contributed by atoms with van der Waals surface area (Å²) in [6.07, 6.45) is 2.65. The average Bonchev–Trinajstić information content (AvgIpc) is 3.22. The number of nitrogens with zero attached hydrogens (tertiary/aromatic N) is 1. The summed E-state index contributed by atoms with van der Waals surface area (Å²) in [5.41, 5.74) is 2.79. The van der Waals surface area contributed by atoms with Crippen LogP contribution in [0.2, 0.25) is 0 Å². The zero-order valence-electron chi connectivity index (χ0n) is 19.8. The fourth-order valence-electron chi connectivity index (χ4n) is 4.32. The lowest BCUT2D eigenvalue weighted by Gasteiger charge is -2.27. The molecule has 2 aromatic carbocycles. The summed E-state index contributed by atoms with van der Waals surface area (Å²) in [7, 11) is 0. The lowest BCUT2D eigenvalue weighted by Crippen LogP contribution is -2.35. The van der Waals surface area contributed by atoms with E-state index in [9.17, 15) is 28.3 Å². The Balaban J connectivity index is 1.45. The van der Waals surface area contributed by atoms with Crippen LogP contribution in [0.25, 0.3) is 0 Å². The first-order chi connectivity index (χ1) is 17.3. The van der Waals surface area contributed by atoms with Crippen molar-refractivity contribution in [1.29, 1.82) is 0 Å². The van der Waals surface area contributed by atoms with Crippen LogP contribution in [0.4, 0.5) is 13.8 Å². The van der Waals surface area contributed by atoms with E-state index in [0.29, 0.717) is 34.5 Å². The highest BCUT2D eigenvalue weighted by molar-refractivity contribution is 7.17. The van der Waals surface area contributed by atoms with Gasteiger partial charge in [-0.1, -0.05) is 31.5 Å². The van der Waals surface area contributed by atoms with E-state index in [2.05, 4.69) is 12.2 Å². The second-order valence-corrected chi connectivity index (χ2v) is 9.83. The number of carbonyl (C=O) groups is 3. The molecule has 0 radical (unpaired) electrons. The molecular weight excluding hydrogens is 486 g/mol. The Morgan fingerprint density at radius 3 is 2.42 bits per heavy atom. The molecule has 0 spiro atoms. The number of carboxylic acids is 1. The number of rotatable bonds is 8. The fourth-order valence-corrected chi connectivity index (χ4v) is 5.57. The molecule has 188 valence electrons. The molecule has 0 fully saturated rings. The van der Waals surface area contributed by atoms with E-state index in [1.54, 1.807) is 17.0 Å².